The van der Waals surface area contributed by atoms with Crippen molar-refractivity contribution in [2.75, 3.05) is 20.1 Å². The van der Waals surface area contributed by atoms with Crippen LogP contribution in [-0.2, 0) is 10.0 Å². The van der Waals surface area contributed by atoms with Gasteiger partial charge in [0.2, 0.25) is 10.0 Å². The van der Waals surface area contributed by atoms with Crippen molar-refractivity contribution in [1.82, 2.24) is 9.62 Å². The van der Waals surface area contributed by atoms with E-state index in [1.54, 1.807) is 6.07 Å². The highest BCUT2D eigenvalue weighted by Crippen LogP contribution is 2.28. The fourth-order valence-corrected chi connectivity index (χ4v) is 4.03. The average molecular weight is 311 g/mol. The topological polar surface area (TPSA) is 73.2 Å². The highest BCUT2D eigenvalue weighted by atomic mass is 32.2. The molecule has 5 nitrogen and oxygen atoms in total. The Morgan fingerprint density at radius 1 is 1.38 bits per heavy atom. The molecule has 1 aliphatic rings. The van der Waals surface area contributed by atoms with Gasteiger partial charge in [-0.25, -0.2) is 12.8 Å². The number of piperidine rings is 1. The maximum Gasteiger partial charge on any atom is 0.244 e. The maximum absolute atomic E-state index is 13.6. The van der Waals surface area contributed by atoms with Crippen molar-refractivity contribution in [3.05, 3.63) is 29.6 Å². The smallest absolute Gasteiger partial charge is 0.244 e. The first-order valence-electron chi connectivity index (χ1n) is 6.72. The van der Waals surface area contributed by atoms with Gasteiger partial charge in [0.15, 0.2) is 0 Å². The molecule has 1 fully saturated rings. The van der Waals surface area contributed by atoms with Gasteiger partial charge in [-0.3, -0.25) is 0 Å². The molecule has 0 aliphatic carbocycles. The molecule has 2 rings (SSSR count). The summed E-state index contributed by atoms with van der Waals surface area (Å²) in [5.41, 5.74) is -0.508. The molecule has 0 bridgehead atoms. The molecule has 0 saturated carbocycles. The van der Waals surface area contributed by atoms with Crippen LogP contribution in [0, 0.1) is 17.1 Å². The van der Waals surface area contributed by atoms with Gasteiger partial charge in [0.1, 0.15) is 22.3 Å². The number of nitrogens with zero attached hydrogens (tertiary/aromatic N) is 2. The Kier molecular flexibility index (Phi) is 4.33. The van der Waals surface area contributed by atoms with Crippen LogP contribution in [0.25, 0.3) is 0 Å². The van der Waals surface area contributed by atoms with Crippen LogP contribution in [-0.4, -0.2) is 38.4 Å². The average Bonchev–Trinajstić information content (AvgIpc) is 2.47. The van der Waals surface area contributed by atoms with Gasteiger partial charge in [-0.15, -0.1) is 0 Å². The lowest BCUT2D eigenvalue weighted by Gasteiger charge is -2.38. The van der Waals surface area contributed by atoms with E-state index in [1.165, 1.54) is 16.4 Å². The fraction of sp³-hybridized carbons (Fsp3) is 0.500. The van der Waals surface area contributed by atoms with E-state index < -0.39 is 21.4 Å². The summed E-state index contributed by atoms with van der Waals surface area (Å²) < 4.78 is 40.1. The lowest BCUT2D eigenvalue weighted by Crippen LogP contribution is -2.51. The molecule has 0 aromatic heterocycles. The van der Waals surface area contributed by atoms with Gasteiger partial charge < -0.3 is 5.32 Å². The Bertz CT molecular complexity index is 674. The quantitative estimate of drug-likeness (QED) is 0.917. The zero-order valence-electron chi connectivity index (χ0n) is 12.1. The van der Waals surface area contributed by atoms with Crippen LogP contribution >= 0.6 is 0 Å². The molecular formula is C14H18FN3O2S. The first-order valence-corrected chi connectivity index (χ1v) is 8.16. The van der Waals surface area contributed by atoms with Gasteiger partial charge in [-0.05, 0) is 38.9 Å². The lowest BCUT2D eigenvalue weighted by molar-refractivity contribution is 0.219. The molecule has 1 aromatic rings. The summed E-state index contributed by atoms with van der Waals surface area (Å²) in [5, 5.41) is 12.2. The van der Waals surface area contributed by atoms with E-state index in [1.807, 2.05) is 14.0 Å². The third-order valence-electron chi connectivity index (χ3n) is 4.13. The number of rotatable bonds is 3. The van der Waals surface area contributed by atoms with Gasteiger partial charge in [0, 0.05) is 18.6 Å². The molecule has 1 saturated heterocycles. The number of hydrogen-bond acceptors (Lipinski definition) is 4. The van der Waals surface area contributed by atoms with Crippen molar-refractivity contribution >= 4 is 10.0 Å². The highest BCUT2D eigenvalue weighted by Gasteiger charge is 2.35. The summed E-state index contributed by atoms with van der Waals surface area (Å²) >= 11 is 0. The number of nitrogens with one attached hydrogen (secondary N) is 1. The number of sulfonamides is 1. The Balaban J connectivity index is 2.33. The van der Waals surface area contributed by atoms with Crippen LogP contribution in [0.15, 0.2) is 23.1 Å². The summed E-state index contributed by atoms with van der Waals surface area (Å²) in [7, 11) is -1.99. The summed E-state index contributed by atoms with van der Waals surface area (Å²) in [6.07, 6.45) is 1.33. The van der Waals surface area contributed by atoms with E-state index in [9.17, 15) is 12.8 Å². The number of halogens is 1. The number of nitriles is 1. The minimum absolute atomic E-state index is 0.0913. The summed E-state index contributed by atoms with van der Waals surface area (Å²) in [6, 6.07) is 5.32. The zero-order chi connectivity index (χ0) is 15.7. The molecule has 0 radical (unpaired) electrons. The normalized spacial score (nSPS) is 19.1. The molecule has 7 heteroatoms. The molecule has 0 spiro atoms. The molecule has 0 atom stereocenters. The van der Waals surface area contributed by atoms with Crippen molar-refractivity contribution in [3.8, 4) is 6.07 Å². The zero-order valence-corrected chi connectivity index (χ0v) is 12.9. The second kappa shape index (κ2) is 5.72. The molecule has 1 aliphatic heterocycles. The molecule has 1 aromatic carbocycles. The predicted molar refractivity (Wildman–Crippen MR) is 76.6 cm³/mol. The van der Waals surface area contributed by atoms with Gasteiger partial charge in [0.05, 0.1) is 0 Å². The SMILES string of the molecule is CNC1(C)CCN(S(=O)(=O)c2cccc(F)c2C#N)CC1. The fourth-order valence-electron chi connectivity index (χ4n) is 2.44. The lowest BCUT2D eigenvalue weighted by atomic mass is 9.91. The molecule has 0 unspecified atom stereocenters. The van der Waals surface area contributed by atoms with Gasteiger partial charge in [-0.2, -0.15) is 9.57 Å². The number of benzene rings is 1. The third kappa shape index (κ3) is 2.93. The Labute approximate surface area is 124 Å². The van der Waals surface area contributed by atoms with E-state index in [4.69, 9.17) is 5.26 Å². The monoisotopic (exact) mass is 311 g/mol. The molecule has 1 heterocycles. The summed E-state index contributed by atoms with van der Waals surface area (Å²) in [5.74, 6) is -0.810. The second-order valence-electron chi connectivity index (χ2n) is 5.44. The van der Waals surface area contributed by atoms with Gasteiger partial charge in [-0.1, -0.05) is 6.07 Å². The molecule has 21 heavy (non-hydrogen) atoms. The minimum Gasteiger partial charge on any atom is -0.314 e. The summed E-state index contributed by atoms with van der Waals surface area (Å²) in [4.78, 5) is -0.252. The molecular weight excluding hydrogens is 293 g/mol. The van der Waals surface area contributed by atoms with Crippen LogP contribution < -0.4 is 5.32 Å². The molecule has 114 valence electrons. The third-order valence-corrected chi connectivity index (χ3v) is 6.08. The van der Waals surface area contributed by atoms with E-state index in [2.05, 4.69) is 5.32 Å². The van der Waals surface area contributed by atoms with Crippen molar-refractivity contribution in [2.24, 2.45) is 0 Å². The van der Waals surface area contributed by atoms with Crippen molar-refractivity contribution in [1.29, 1.82) is 5.26 Å². The molecule has 1 N–H and O–H groups in total. The first kappa shape index (κ1) is 15.9. The van der Waals surface area contributed by atoms with Crippen LogP contribution in [0.1, 0.15) is 25.3 Å². The number of hydrogen-bond donors (Lipinski definition) is 1. The highest BCUT2D eigenvalue weighted by molar-refractivity contribution is 7.89. The van der Waals surface area contributed by atoms with Crippen LogP contribution in [0.5, 0.6) is 0 Å². The van der Waals surface area contributed by atoms with Gasteiger partial charge in [0.25, 0.3) is 0 Å². The minimum atomic E-state index is -3.84. The van der Waals surface area contributed by atoms with E-state index in [-0.39, 0.29) is 10.4 Å². The van der Waals surface area contributed by atoms with Gasteiger partial charge >= 0.3 is 0 Å². The maximum atomic E-state index is 13.6. The van der Waals surface area contributed by atoms with E-state index >= 15 is 0 Å². The van der Waals surface area contributed by atoms with Crippen molar-refractivity contribution in [3.63, 3.8) is 0 Å². The Morgan fingerprint density at radius 3 is 2.52 bits per heavy atom. The van der Waals surface area contributed by atoms with Crippen molar-refractivity contribution in [2.45, 2.75) is 30.2 Å². The standard InChI is InChI=1S/C14H18FN3O2S/c1-14(17-2)6-8-18(9-7-14)21(19,20)13-5-3-4-12(15)11(13)10-16/h3-5,17H,6-9H2,1-2H3. The van der Waals surface area contributed by atoms with Crippen LogP contribution in [0.3, 0.4) is 0 Å². The molecule has 0 amide bonds. The van der Waals surface area contributed by atoms with Crippen LogP contribution in [0.2, 0.25) is 0 Å². The Morgan fingerprint density at radius 2 is 2.00 bits per heavy atom. The summed E-state index contributed by atoms with van der Waals surface area (Å²) in [6.45, 7) is 2.74. The van der Waals surface area contributed by atoms with Crippen molar-refractivity contribution < 1.29 is 12.8 Å². The van der Waals surface area contributed by atoms with E-state index in [0.29, 0.717) is 25.9 Å². The van der Waals surface area contributed by atoms with E-state index in [0.717, 1.165) is 6.07 Å². The second-order valence-corrected chi connectivity index (χ2v) is 7.35. The predicted octanol–water partition coefficient (Wildman–Crippen LogP) is 1.46. The largest absolute Gasteiger partial charge is 0.314 e. The Hall–Kier alpha value is -1.49. The first-order chi connectivity index (χ1) is 9.84. The van der Waals surface area contributed by atoms with Crippen LogP contribution in [0.4, 0.5) is 4.39 Å².